The molecule has 5 nitrogen and oxygen atoms in total. The molecule has 2 N–H and O–H groups in total. The monoisotopic (exact) mass is 378 g/mol. The van der Waals surface area contributed by atoms with Crippen molar-refractivity contribution in [3.63, 3.8) is 0 Å². The van der Waals surface area contributed by atoms with Gasteiger partial charge >= 0.3 is 5.97 Å². The lowest BCUT2D eigenvalue weighted by Crippen LogP contribution is -2.31. The van der Waals surface area contributed by atoms with E-state index >= 15 is 0 Å². The van der Waals surface area contributed by atoms with Gasteiger partial charge in [-0.2, -0.15) is 0 Å². The van der Waals surface area contributed by atoms with E-state index in [4.69, 9.17) is 9.47 Å². The van der Waals surface area contributed by atoms with E-state index in [9.17, 15) is 15.0 Å². The molecule has 144 valence electrons. The van der Waals surface area contributed by atoms with E-state index in [1.807, 2.05) is 60.7 Å². The first kappa shape index (κ1) is 19.5. The summed E-state index contributed by atoms with van der Waals surface area (Å²) in [5.41, 5.74) is 0.156. The summed E-state index contributed by atoms with van der Waals surface area (Å²) < 4.78 is 11.8. The maximum absolute atomic E-state index is 11.4. The van der Waals surface area contributed by atoms with Gasteiger partial charge in [0.2, 0.25) is 0 Å². The van der Waals surface area contributed by atoms with Crippen LogP contribution in [0.4, 0.5) is 0 Å². The molecule has 0 amide bonds. The summed E-state index contributed by atoms with van der Waals surface area (Å²) >= 11 is 0. The molecule has 5 heteroatoms. The number of aliphatic carboxylic acids is 1. The zero-order valence-electron chi connectivity index (χ0n) is 15.5. The Labute approximate surface area is 163 Å². The standard InChI is InChI=1S/C23H22O5/c1-23(26,22(24)25)19-12-13-20(27-15-17-8-4-2-5-9-17)21(14-19)28-16-18-10-6-3-7-11-18/h2-14,26H,15-16H2,1H3,(H,24,25). The Morgan fingerprint density at radius 2 is 1.32 bits per heavy atom. The molecule has 1 unspecified atom stereocenters. The van der Waals surface area contributed by atoms with Crippen LogP contribution < -0.4 is 9.47 Å². The predicted molar refractivity (Wildman–Crippen MR) is 105 cm³/mol. The molecule has 0 saturated heterocycles. The minimum atomic E-state index is -2.02. The number of rotatable bonds is 8. The van der Waals surface area contributed by atoms with Crippen molar-refractivity contribution in [3.05, 3.63) is 95.6 Å². The topological polar surface area (TPSA) is 76.0 Å². The van der Waals surface area contributed by atoms with Crippen molar-refractivity contribution in [3.8, 4) is 11.5 Å². The number of ether oxygens (including phenoxy) is 2. The third kappa shape index (κ3) is 4.69. The molecule has 0 saturated carbocycles. The minimum Gasteiger partial charge on any atom is -0.485 e. The smallest absolute Gasteiger partial charge is 0.340 e. The van der Waals surface area contributed by atoms with Crippen LogP contribution in [-0.2, 0) is 23.6 Å². The molecule has 0 bridgehead atoms. The van der Waals surface area contributed by atoms with Crippen LogP contribution in [0, 0.1) is 0 Å². The molecule has 28 heavy (non-hydrogen) atoms. The van der Waals surface area contributed by atoms with Gasteiger partial charge in [0.05, 0.1) is 0 Å². The van der Waals surface area contributed by atoms with Gasteiger partial charge < -0.3 is 19.7 Å². The Morgan fingerprint density at radius 1 is 0.821 bits per heavy atom. The quantitative estimate of drug-likeness (QED) is 0.616. The number of carbonyl (C=O) groups is 1. The number of hydrogen-bond donors (Lipinski definition) is 2. The predicted octanol–water partition coefficient (Wildman–Crippen LogP) is 4.14. The summed E-state index contributed by atoms with van der Waals surface area (Å²) in [7, 11) is 0. The molecule has 1 atom stereocenters. The molecule has 0 aliphatic rings. The van der Waals surface area contributed by atoms with Gasteiger partial charge in [-0.1, -0.05) is 66.7 Å². The minimum absolute atomic E-state index is 0.218. The van der Waals surface area contributed by atoms with Gasteiger partial charge in [-0.15, -0.1) is 0 Å². The SMILES string of the molecule is CC(O)(C(=O)O)c1ccc(OCc2ccccc2)c(OCc2ccccc2)c1. The molecule has 0 fully saturated rings. The van der Waals surface area contributed by atoms with Crippen molar-refractivity contribution in [1.82, 2.24) is 0 Å². The molecule has 0 heterocycles. The van der Waals surface area contributed by atoms with Crippen molar-refractivity contribution >= 4 is 5.97 Å². The second-order valence-electron chi connectivity index (χ2n) is 6.59. The first-order chi connectivity index (χ1) is 13.5. The lowest BCUT2D eigenvalue weighted by molar-refractivity contribution is -0.157. The van der Waals surface area contributed by atoms with E-state index < -0.39 is 11.6 Å². The fourth-order valence-electron chi connectivity index (χ4n) is 2.64. The molecule has 3 aromatic carbocycles. The number of aliphatic hydroxyl groups is 1. The van der Waals surface area contributed by atoms with Gasteiger partial charge in [-0.25, -0.2) is 4.79 Å². The number of hydrogen-bond acceptors (Lipinski definition) is 4. The zero-order valence-corrected chi connectivity index (χ0v) is 15.5. The molecule has 0 radical (unpaired) electrons. The normalized spacial score (nSPS) is 12.8. The molecule has 3 aromatic rings. The largest absolute Gasteiger partial charge is 0.485 e. The zero-order chi connectivity index (χ0) is 20.0. The summed E-state index contributed by atoms with van der Waals surface area (Å²) in [4.78, 5) is 11.4. The van der Waals surface area contributed by atoms with Gasteiger partial charge in [0, 0.05) is 0 Å². The van der Waals surface area contributed by atoms with E-state index in [0.717, 1.165) is 11.1 Å². The van der Waals surface area contributed by atoms with Crippen molar-refractivity contribution < 1.29 is 24.5 Å². The summed E-state index contributed by atoms with van der Waals surface area (Å²) in [5, 5.41) is 19.6. The average Bonchev–Trinajstić information content (AvgIpc) is 2.72. The van der Waals surface area contributed by atoms with Crippen LogP contribution in [-0.4, -0.2) is 16.2 Å². The van der Waals surface area contributed by atoms with Crippen LogP contribution in [0.25, 0.3) is 0 Å². The third-order valence-electron chi connectivity index (χ3n) is 4.40. The maximum Gasteiger partial charge on any atom is 0.340 e. The Kier molecular flexibility index (Phi) is 5.96. The van der Waals surface area contributed by atoms with Gasteiger partial charge in [0.1, 0.15) is 13.2 Å². The summed E-state index contributed by atoms with van der Waals surface area (Å²) in [5.74, 6) is -0.483. The van der Waals surface area contributed by atoms with Gasteiger partial charge in [0.25, 0.3) is 0 Å². The Balaban J connectivity index is 1.85. The van der Waals surface area contributed by atoms with E-state index in [1.165, 1.54) is 19.1 Å². The second-order valence-corrected chi connectivity index (χ2v) is 6.59. The van der Waals surface area contributed by atoms with E-state index in [1.54, 1.807) is 6.07 Å². The third-order valence-corrected chi connectivity index (χ3v) is 4.40. The summed E-state index contributed by atoms with van der Waals surface area (Å²) in [6, 6.07) is 24.0. The first-order valence-corrected chi connectivity index (χ1v) is 8.90. The fraction of sp³-hybridized carbons (Fsp3) is 0.174. The molecule has 0 aliphatic carbocycles. The number of carboxylic acids is 1. The number of carboxylic acid groups (broad SMARTS) is 1. The molecule has 0 aliphatic heterocycles. The summed E-state index contributed by atoms with van der Waals surface area (Å²) in [6.07, 6.45) is 0. The summed E-state index contributed by atoms with van der Waals surface area (Å²) in [6.45, 7) is 1.87. The maximum atomic E-state index is 11.4. The van der Waals surface area contributed by atoms with E-state index in [0.29, 0.717) is 24.7 Å². The van der Waals surface area contributed by atoms with Crippen LogP contribution >= 0.6 is 0 Å². The second kappa shape index (κ2) is 8.59. The van der Waals surface area contributed by atoms with Gasteiger partial charge in [-0.3, -0.25) is 0 Å². The number of benzene rings is 3. The van der Waals surface area contributed by atoms with Gasteiger partial charge in [-0.05, 0) is 35.7 Å². The average molecular weight is 378 g/mol. The van der Waals surface area contributed by atoms with Crippen molar-refractivity contribution in [2.24, 2.45) is 0 Å². The van der Waals surface area contributed by atoms with E-state index in [-0.39, 0.29) is 5.56 Å². The van der Waals surface area contributed by atoms with Crippen LogP contribution in [0.2, 0.25) is 0 Å². The first-order valence-electron chi connectivity index (χ1n) is 8.90. The van der Waals surface area contributed by atoms with E-state index in [2.05, 4.69) is 0 Å². The Bertz CT molecular complexity index is 920. The molecule has 0 spiro atoms. The Morgan fingerprint density at radius 3 is 1.82 bits per heavy atom. The lowest BCUT2D eigenvalue weighted by atomic mass is 9.96. The van der Waals surface area contributed by atoms with Crippen LogP contribution in [0.15, 0.2) is 78.9 Å². The van der Waals surface area contributed by atoms with Crippen molar-refractivity contribution in [2.45, 2.75) is 25.7 Å². The fourth-order valence-corrected chi connectivity index (χ4v) is 2.64. The molecular formula is C23H22O5. The highest BCUT2D eigenvalue weighted by atomic mass is 16.5. The molecular weight excluding hydrogens is 356 g/mol. The van der Waals surface area contributed by atoms with Crippen LogP contribution in [0.3, 0.4) is 0 Å². The van der Waals surface area contributed by atoms with Gasteiger partial charge in [0.15, 0.2) is 17.1 Å². The van der Waals surface area contributed by atoms with Crippen LogP contribution in [0.1, 0.15) is 23.6 Å². The van der Waals surface area contributed by atoms with Crippen LogP contribution in [0.5, 0.6) is 11.5 Å². The van der Waals surface area contributed by atoms with Crippen molar-refractivity contribution in [2.75, 3.05) is 0 Å². The molecule has 3 rings (SSSR count). The highest BCUT2D eigenvalue weighted by molar-refractivity contribution is 5.78. The highest BCUT2D eigenvalue weighted by Crippen LogP contribution is 2.34. The molecule has 0 aromatic heterocycles. The lowest BCUT2D eigenvalue weighted by Gasteiger charge is -2.21. The highest BCUT2D eigenvalue weighted by Gasteiger charge is 2.33. The van der Waals surface area contributed by atoms with Crippen molar-refractivity contribution in [1.29, 1.82) is 0 Å². The Hall–Kier alpha value is -3.31.